The zero-order chi connectivity index (χ0) is 19.9. The van der Waals surface area contributed by atoms with Crippen molar-refractivity contribution in [3.05, 3.63) is 59.7 Å². The summed E-state index contributed by atoms with van der Waals surface area (Å²) in [5.74, 6) is 5.00. The third-order valence-electron chi connectivity index (χ3n) is 3.46. The van der Waals surface area contributed by atoms with Crippen molar-refractivity contribution in [1.29, 1.82) is 0 Å². The number of carbonyl (C=O) groups is 2. The van der Waals surface area contributed by atoms with Crippen LogP contribution in [0.25, 0.3) is 0 Å². The first-order valence-corrected chi connectivity index (χ1v) is 9.49. The summed E-state index contributed by atoms with van der Waals surface area (Å²) in [7, 11) is -2.21. The van der Waals surface area contributed by atoms with Crippen LogP contribution in [0.4, 0.5) is 5.69 Å². The molecule has 0 spiro atoms. The van der Waals surface area contributed by atoms with E-state index in [4.69, 9.17) is 0 Å². The average molecular weight is 385 g/mol. The molecule has 0 aromatic heterocycles. The highest BCUT2D eigenvalue weighted by atomic mass is 32.2. The van der Waals surface area contributed by atoms with Crippen LogP contribution in [0.15, 0.2) is 53.4 Å². The van der Waals surface area contributed by atoms with Gasteiger partial charge in [0, 0.05) is 25.2 Å². The van der Waals surface area contributed by atoms with Crippen molar-refractivity contribution < 1.29 is 18.0 Å². The third-order valence-corrected chi connectivity index (χ3v) is 4.87. The van der Waals surface area contributed by atoms with Crippen LogP contribution >= 0.6 is 0 Å². The molecule has 140 valence electrons. The molecule has 0 bridgehead atoms. The number of rotatable bonds is 5. The molecule has 7 nitrogen and oxygen atoms in total. The lowest BCUT2D eigenvalue weighted by Crippen LogP contribution is -2.24. The van der Waals surface area contributed by atoms with Crippen LogP contribution in [-0.4, -0.2) is 33.8 Å². The Bertz CT molecular complexity index is 1000. The topological polar surface area (TPSA) is 104 Å². The van der Waals surface area contributed by atoms with E-state index in [0.29, 0.717) is 16.8 Å². The second kappa shape index (κ2) is 8.98. The third kappa shape index (κ3) is 5.67. The highest BCUT2D eigenvalue weighted by molar-refractivity contribution is 7.89. The van der Waals surface area contributed by atoms with Crippen molar-refractivity contribution >= 4 is 27.5 Å². The summed E-state index contributed by atoms with van der Waals surface area (Å²) in [5.41, 5.74) is 1.44. The minimum Gasteiger partial charge on any atom is -0.355 e. The van der Waals surface area contributed by atoms with Crippen molar-refractivity contribution in [3.8, 4) is 11.8 Å². The molecule has 3 N–H and O–H groups in total. The minimum absolute atomic E-state index is 0.0594. The molecular formula is C19H19N3O4S. The van der Waals surface area contributed by atoms with Crippen LogP contribution in [0.3, 0.4) is 0 Å². The van der Waals surface area contributed by atoms with Crippen molar-refractivity contribution in [2.45, 2.75) is 11.8 Å². The number of anilines is 1. The second-order valence-electron chi connectivity index (χ2n) is 5.46. The van der Waals surface area contributed by atoms with E-state index in [1.807, 2.05) is 0 Å². The van der Waals surface area contributed by atoms with Crippen LogP contribution < -0.4 is 15.4 Å². The maximum absolute atomic E-state index is 12.3. The Morgan fingerprint density at radius 2 is 1.70 bits per heavy atom. The minimum atomic E-state index is -3.74. The van der Waals surface area contributed by atoms with Gasteiger partial charge in [-0.2, -0.15) is 4.72 Å². The largest absolute Gasteiger partial charge is 0.355 e. The number of hydrogen-bond donors (Lipinski definition) is 3. The summed E-state index contributed by atoms with van der Waals surface area (Å²) >= 11 is 0. The smallest absolute Gasteiger partial charge is 0.252 e. The van der Waals surface area contributed by atoms with Crippen LogP contribution in [0, 0.1) is 11.8 Å². The molecule has 27 heavy (non-hydrogen) atoms. The van der Waals surface area contributed by atoms with E-state index >= 15 is 0 Å². The van der Waals surface area contributed by atoms with E-state index in [1.54, 1.807) is 24.3 Å². The predicted octanol–water partition coefficient (Wildman–Crippen LogP) is 1.33. The number of hydrogen-bond acceptors (Lipinski definition) is 4. The Kier molecular flexibility index (Phi) is 6.71. The Morgan fingerprint density at radius 3 is 2.33 bits per heavy atom. The molecule has 0 radical (unpaired) electrons. The molecule has 0 saturated heterocycles. The quantitative estimate of drug-likeness (QED) is 0.676. The highest BCUT2D eigenvalue weighted by Crippen LogP contribution is 2.13. The van der Waals surface area contributed by atoms with E-state index in [9.17, 15) is 18.0 Å². The van der Waals surface area contributed by atoms with E-state index in [2.05, 4.69) is 27.2 Å². The number of sulfonamides is 1. The molecule has 8 heteroatoms. The van der Waals surface area contributed by atoms with Gasteiger partial charge in [-0.3, -0.25) is 9.59 Å². The predicted molar refractivity (Wildman–Crippen MR) is 103 cm³/mol. The zero-order valence-electron chi connectivity index (χ0n) is 14.9. The molecule has 0 aliphatic heterocycles. The maximum atomic E-state index is 12.3. The zero-order valence-corrected chi connectivity index (χ0v) is 15.7. The first-order valence-electron chi connectivity index (χ1n) is 8.01. The second-order valence-corrected chi connectivity index (χ2v) is 7.22. The summed E-state index contributed by atoms with van der Waals surface area (Å²) in [6, 6.07) is 12.6. The van der Waals surface area contributed by atoms with Gasteiger partial charge >= 0.3 is 0 Å². The average Bonchev–Trinajstić information content (AvgIpc) is 2.65. The first kappa shape index (κ1) is 20.2. The summed E-state index contributed by atoms with van der Waals surface area (Å²) < 4.78 is 26.9. The fourth-order valence-corrected chi connectivity index (χ4v) is 3.12. The highest BCUT2D eigenvalue weighted by Gasteiger charge is 2.12. The number of benzene rings is 2. The molecule has 2 aromatic rings. The lowest BCUT2D eigenvalue weighted by atomic mass is 10.1. The maximum Gasteiger partial charge on any atom is 0.252 e. The Hall–Kier alpha value is -3.15. The first-order chi connectivity index (χ1) is 12.8. The monoisotopic (exact) mass is 385 g/mol. The molecular weight excluding hydrogens is 366 g/mol. The van der Waals surface area contributed by atoms with Gasteiger partial charge in [0.1, 0.15) is 0 Å². The molecule has 0 aliphatic rings. The van der Waals surface area contributed by atoms with Crippen LogP contribution in [0.5, 0.6) is 0 Å². The van der Waals surface area contributed by atoms with E-state index < -0.39 is 10.0 Å². The van der Waals surface area contributed by atoms with Gasteiger partial charge in [0.25, 0.3) is 5.91 Å². The van der Waals surface area contributed by atoms with Gasteiger partial charge in [-0.1, -0.05) is 24.0 Å². The molecule has 0 saturated carbocycles. The summed E-state index contributed by atoms with van der Waals surface area (Å²) in [6.45, 7) is 1.25. The number of nitrogens with one attached hydrogen (secondary N) is 3. The lowest BCUT2D eigenvalue weighted by Gasteiger charge is -2.06. The number of amides is 2. The van der Waals surface area contributed by atoms with Crippen molar-refractivity contribution in [2.24, 2.45) is 0 Å². The Morgan fingerprint density at radius 1 is 1.04 bits per heavy atom. The molecule has 2 aromatic carbocycles. The molecule has 2 rings (SSSR count). The van der Waals surface area contributed by atoms with Crippen LogP contribution in [-0.2, 0) is 14.8 Å². The van der Waals surface area contributed by atoms with E-state index in [1.165, 1.54) is 38.2 Å². The molecule has 0 fully saturated rings. The van der Waals surface area contributed by atoms with Gasteiger partial charge in [-0.25, -0.2) is 8.42 Å². The van der Waals surface area contributed by atoms with Gasteiger partial charge in [-0.15, -0.1) is 0 Å². The van der Waals surface area contributed by atoms with Gasteiger partial charge in [0.2, 0.25) is 15.9 Å². The van der Waals surface area contributed by atoms with Crippen LogP contribution in [0.1, 0.15) is 22.8 Å². The van der Waals surface area contributed by atoms with Crippen molar-refractivity contribution in [2.75, 3.05) is 18.9 Å². The van der Waals surface area contributed by atoms with Crippen molar-refractivity contribution in [3.63, 3.8) is 0 Å². The standard InChI is InChI=1S/C19H19N3O4S/c1-14(23)22-16-9-11-17(12-10-16)27(25,26)21-13-5-7-15-6-3-4-8-18(15)19(24)20-2/h3-4,6,8-12,21H,13H2,1-2H3,(H,20,24)(H,22,23). The summed E-state index contributed by atoms with van der Waals surface area (Å²) in [6.07, 6.45) is 0. The van der Waals surface area contributed by atoms with Gasteiger partial charge in [0.15, 0.2) is 0 Å². The van der Waals surface area contributed by atoms with Gasteiger partial charge in [-0.05, 0) is 36.4 Å². The SMILES string of the molecule is CNC(=O)c1ccccc1C#CCNS(=O)(=O)c1ccc(NC(C)=O)cc1. The van der Waals surface area contributed by atoms with Gasteiger partial charge in [0.05, 0.1) is 17.0 Å². The molecule has 0 atom stereocenters. The molecule has 0 aliphatic carbocycles. The Labute approximate surface area is 158 Å². The normalized spacial score (nSPS) is 10.4. The van der Waals surface area contributed by atoms with Crippen molar-refractivity contribution in [1.82, 2.24) is 10.0 Å². The fraction of sp³-hybridized carbons (Fsp3) is 0.158. The fourth-order valence-electron chi connectivity index (χ4n) is 2.20. The number of carbonyl (C=O) groups excluding carboxylic acids is 2. The van der Waals surface area contributed by atoms with E-state index in [-0.39, 0.29) is 23.3 Å². The molecule has 2 amide bonds. The Balaban J connectivity index is 2.06. The van der Waals surface area contributed by atoms with E-state index in [0.717, 1.165) is 0 Å². The van der Waals surface area contributed by atoms with Crippen LogP contribution in [0.2, 0.25) is 0 Å². The molecule has 0 unspecified atom stereocenters. The molecule has 0 heterocycles. The summed E-state index contributed by atoms with van der Waals surface area (Å²) in [5, 5.41) is 5.09. The summed E-state index contributed by atoms with van der Waals surface area (Å²) in [4.78, 5) is 22.8. The van der Waals surface area contributed by atoms with Gasteiger partial charge < -0.3 is 10.6 Å². The lowest BCUT2D eigenvalue weighted by molar-refractivity contribution is -0.114.